The van der Waals surface area contributed by atoms with E-state index in [1.54, 1.807) is 29.2 Å². The molecular formula is C19H27N3O3. The quantitative estimate of drug-likeness (QED) is 0.832. The number of amides is 3. The molecule has 1 saturated heterocycles. The molecular weight excluding hydrogens is 318 g/mol. The minimum Gasteiger partial charge on any atom is -0.350 e. The number of hydrogen-bond acceptors (Lipinski definition) is 3. The van der Waals surface area contributed by atoms with Crippen molar-refractivity contribution in [3.63, 3.8) is 0 Å². The molecule has 0 aliphatic carbocycles. The van der Waals surface area contributed by atoms with Crippen molar-refractivity contribution >= 4 is 23.4 Å². The van der Waals surface area contributed by atoms with Crippen molar-refractivity contribution in [2.75, 3.05) is 18.4 Å². The van der Waals surface area contributed by atoms with Crippen LogP contribution in [0.15, 0.2) is 24.3 Å². The standard InChI is InChI=1S/C19H27N3O3/c1-3-14(2)20-19(25)15-8-10-16(11-9-15)21-17(23)13-22-12-6-4-5-7-18(22)24/h8-11,14H,3-7,12-13H2,1-2H3,(H,20,25)(H,21,23)/t14-/m1/s1. The summed E-state index contributed by atoms with van der Waals surface area (Å²) in [6.07, 6.45) is 4.27. The first kappa shape index (κ1) is 19.0. The molecule has 136 valence electrons. The number of carbonyl (C=O) groups is 3. The van der Waals surface area contributed by atoms with E-state index in [1.807, 2.05) is 13.8 Å². The number of likely N-dealkylation sites (tertiary alicyclic amines) is 1. The summed E-state index contributed by atoms with van der Waals surface area (Å²) >= 11 is 0. The van der Waals surface area contributed by atoms with Crippen molar-refractivity contribution in [2.45, 2.75) is 52.0 Å². The molecule has 0 radical (unpaired) electrons. The SMILES string of the molecule is CC[C@@H](C)NC(=O)c1ccc(NC(=O)CN2CCCCCC2=O)cc1. The monoisotopic (exact) mass is 345 g/mol. The first-order chi connectivity index (χ1) is 12.0. The fourth-order valence-corrected chi connectivity index (χ4v) is 2.69. The van der Waals surface area contributed by atoms with Crippen molar-refractivity contribution in [2.24, 2.45) is 0 Å². The van der Waals surface area contributed by atoms with Gasteiger partial charge < -0.3 is 15.5 Å². The Balaban J connectivity index is 1.88. The zero-order chi connectivity index (χ0) is 18.2. The Labute approximate surface area is 149 Å². The van der Waals surface area contributed by atoms with Crippen molar-refractivity contribution in [3.8, 4) is 0 Å². The van der Waals surface area contributed by atoms with Crippen molar-refractivity contribution in [1.29, 1.82) is 0 Å². The summed E-state index contributed by atoms with van der Waals surface area (Å²) in [4.78, 5) is 37.8. The molecule has 0 aromatic heterocycles. The largest absolute Gasteiger partial charge is 0.350 e. The second-order valence-electron chi connectivity index (χ2n) is 6.53. The predicted molar refractivity (Wildman–Crippen MR) is 97.3 cm³/mol. The minimum absolute atomic E-state index is 0.0460. The summed E-state index contributed by atoms with van der Waals surface area (Å²) < 4.78 is 0. The van der Waals surface area contributed by atoms with Gasteiger partial charge in [-0.05, 0) is 50.5 Å². The summed E-state index contributed by atoms with van der Waals surface area (Å²) in [6.45, 7) is 4.69. The molecule has 1 aliphatic rings. The van der Waals surface area contributed by atoms with E-state index in [1.165, 1.54) is 0 Å². The number of nitrogens with one attached hydrogen (secondary N) is 2. The maximum Gasteiger partial charge on any atom is 0.251 e. The number of hydrogen-bond donors (Lipinski definition) is 2. The Bertz CT molecular complexity index is 613. The molecule has 1 heterocycles. The molecule has 1 aromatic rings. The molecule has 2 rings (SSSR count). The first-order valence-electron chi connectivity index (χ1n) is 8.98. The van der Waals surface area contributed by atoms with E-state index < -0.39 is 0 Å². The second kappa shape index (κ2) is 9.20. The topological polar surface area (TPSA) is 78.5 Å². The Morgan fingerprint density at radius 3 is 2.56 bits per heavy atom. The molecule has 1 aromatic carbocycles. The number of anilines is 1. The molecule has 2 N–H and O–H groups in total. The summed E-state index contributed by atoms with van der Waals surface area (Å²) in [5.74, 6) is -0.292. The number of carbonyl (C=O) groups excluding carboxylic acids is 3. The maximum atomic E-state index is 12.2. The Hall–Kier alpha value is -2.37. The van der Waals surface area contributed by atoms with Crippen LogP contribution in [0.1, 0.15) is 56.3 Å². The van der Waals surface area contributed by atoms with Crippen LogP contribution in [-0.4, -0.2) is 41.8 Å². The average molecular weight is 345 g/mol. The fourth-order valence-electron chi connectivity index (χ4n) is 2.69. The highest BCUT2D eigenvalue weighted by molar-refractivity contribution is 5.97. The molecule has 0 bridgehead atoms. The lowest BCUT2D eigenvalue weighted by Gasteiger charge is -2.19. The van der Waals surface area contributed by atoms with Gasteiger partial charge in [-0.2, -0.15) is 0 Å². The van der Waals surface area contributed by atoms with Gasteiger partial charge in [-0.25, -0.2) is 0 Å². The van der Waals surface area contributed by atoms with Crippen molar-refractivity contribution in [1.82, 2.24) is 10.2 Å². The highest BCUT2D eigenvalue weighted by atomic mass is 16.2. The highest BCUT2D eigenvalue weighted by Gasteiger charge is 2.19. The lowest BCUT2D eigenvalue weighted by molar-refractivity contribution is -0.134. The molecule has 25 heavy (non-hydrogen) atoms. The zero-order valence-corrected chi connectivity index (χ0v) is 15.0. The Kier molecular flexibility index (Phi) is 6.98. The third-order valence-corrected chi connectivity index (χ3v) is 4.43. The van der Waals surface area contributed by atoms with Crippen molar-refractivity contribution in [3.05, 3.63) is 29.8 Å². The summed E-state index contributed by atoms with van der Waals surface area (Å²) in [6, 6.07) is 6.90. The van der Waals surface area contributed by atoms with E-state index in [0.717, 1.165) is 25.7 Å². The zero-order valence-electron chi connectivity index (χ0n) is 15.0. The molecule has 6 nitrogen and oxygen atoms in total. The van der Waals surface area contributed by atoms with E-state index in [4.69, 9.17) is 0 Å². The van der Waals surface area contributed by atoms with Gasteiger partial charge in [-0.3, -0.25) is 14.4 Å². The molecule has 0 unspecified atom stereocenters. The number of nitrogens with zero attached hydrogens (tertiary/aromatic N) is 1. The van der Waals surface area contributed by atoms with Gasteiger partial charge in [-0.15, -0.1) is 0 Å². The smallest absolute Gasteiger partial charge is 0.251 e. The van der Waals surface area contributed by atoms with E-state index in [0.29, 0.717) is 24.2 Å². The first-order valence-corrected chi connectivity index (χ1v) is 8.98. The Morgan fingerprint density at radius 1 is 1.16 bits per heavy atom. The maximum absolute atomic E-state index is 12.2. The fraction of sp³-hybridized carbons (Fsp3) is 0.526. The predicted octanol–water partition coefficient (Wildman–Crippen LogP) is 2.56. The van der Waals surface area contributed by atoms with Gasteiger partial charge in [0.25, 0.3) is 5.91 Å². The summed E-state index contributed by atoms with van der Waals surface area (Å²) in [5.41, 5.74) is 1.17. The second-order valence-corrected chi connectivity index (χ2v) is 6.53. The van der Waals surface area contributed by atoms with Crippen LogP contribution in [0.25, 0.3) is 0 Å². The summed E-state index contributed by atoms with van der Waals surface area (Å²) in [5, 5.41) is 5.68. The lowest BCUT2D eigenvalue weighted by Crippen LogP contribution is -2.37. The average Bonchev–Trinajstić information content (AvgIpc) is 2.80. The molecule has 0 saturated carbocycles. The third kappa shape index (κ3) is 5.89. The molecule has 6 heteroatoms. The van der Waals surface area contributed by atoms with Crippen LogP contribution in [0.5, 0.6) is 0 Å². The van der Waals surface area contributed by atoms with E-state index in [9.17, 15) is 14.4 Å². The van der Waals surface area contributed by atoms with E-state index in [-0.39, 0.29) is 30.3 Å². The molecule has 1 fully saturated rings. The number of rotatable bonds is 6. The van der Waals surface area contributed by atoms with Gasteiger partial charge in [0.1, 0.15) is 0 Å². The van der Waals surface area contributed by atoms with E-state index in [2.05, 4.69) is 10.6 Å². The van der Waals surface area contributed by atoms with Crippen LogP contribution < -0.4 is 10.6 Å². The normalized spacial score (nSPS) is 16.1. The lowest BCUT2D eigenvalue weighted by atomic mass is 10.1. The van der Waals surface area contributed by atoms with Gasteiger partial charge >= 0.3 is 0 Å². The van der Waals surface area contributed by atoms with E-state index >= 15 is 0 Å². The molecule has 0 spiro atoms. The van der Waals surface area contributed by atoms with Crippen LogP contribution in [0, 0.1) is 0 Å². The molecule has 1 atom stereocenters. The van der Waals surface area contributed by atoms with Crippen LogP contribution >= 0.6 is 0 Å². The third-order valence-electron chi connectivity index (χ3n) is 4.43. The van der Waals surface area contributed by atoms with Gasteiger partial charge in [0.05, 0.1) is 6.54 Å². The van der Waals surface area contributed by atoms with Gasteiger partial charge in [0.15, 0.2) is 0 Å². The Morgan fingerprint density at radius 2 is 1.88 bits per heavy atom. The molecule has 1 aliphatic heterocycles. The van der Waals surface area contributed by atoms with Crippen molar-refractivity contribution < 1.29 is 14.4 Å². The van der Waals surface area contributed by atoms with Crippen LogP contribution in [-0.2, 0) is 9.59 Å². The highest BCUT2D eigenvalue weighted by Crippen LogP contribution is 2.13. The summed E-state index contributed by atoms with van der Waals surface area (Å²) in [7, 11) is 0. The van der Waals surface area contributed by atoms with Gasteiger partial charge in [0, 0.05) is 30.3 Å². The van der Waals surface area contributed by atoms with Crippen LogP contribution in [0.2, 0.25) is 0 Å². The van der Waals surface area contributed by atoms with Gasteiger partial charge in [0.2, 0.25) is 11.8 Å². The van der Waals surface area contributed by atoms with Crippen LogP contribution in [0.4, 0.5) is 5.69 Å². The minimum atomic E-state index is -0.216. The van der Waals surface area contributed by atoms with Gasteiger partial charge in [-0.1, -0.05) is 13.3 Å². The molecule has 3 amide bonds. The van der Waals surface area contributed by atoms with Crippen LogP contribution in [0.3, 0.4) is 0 Å². The number of benzene rings is 1.